The standard InChI is InChI=1S/C23H28N2O5S/c1-16-7-9-31-22(16)13-25(11-18-5-6-20-21(10-18)30-15-29-20)23(27)14-24(17(2)26)12-19-4-3-8-28-19/h5-7,9-10,19H,3-4,8,11-15H2,1-2H3/t19-/m1/s1. The summed E-state index contributed by atoms with van der Waals surface area (Å²) in [6.45, 7) is 5.93. The predicted molar refractivity (Wildman–Crippen MR) is 117 cm³/mol. The van der Waals surface area contributed by atoms with Gasteiger partial charge >= 0.3 is 0 Å². The molecule has 1 saturated heterocycles. The number of amides is 2. The fourth-order valence-electron chi connectivity index (χ4n) is 3.83. The van der Waals surface area contributed by atoms with Gasteiger partial charge in [-0.2, -0.15) is 0 Å². The van der Waals surface area contributed by atoms with Crippen molar-refractivity contribution in [1.82, 2.24) is 9.80 Å². The number of ether oxygens (including phenoxy) is 3. The molecule has 2 amide bonds. The summed E-state index contributed by atoms with van der Waals surface area (Å²) in [6.07, 6.45) is 1.93. The Morgan fingerprint density at radius 3 is 2.68 bits per heavy atom. The van der Waals surface area contributed by atoms with Gasteiger partial charge in [-0.15, -0.1) is 11.3 Å². The monoisotopic (exact) mass is 444 g/mol. The number of carbonyl (C=O) groups excluding carboxylic acids is 2. The Hall–Kier alpha value is -2.58. The lowest BCUT2D eigenvalue weighted by atomic mass is 10.1. The van der Waals surface area contributed by atoms with Crippen molar-refractivity contribution in [3.63, 3.8) is 0 Å². The van der Waals surface area contributed by atoms with Crippen molar-refractivity contribution in [3.8, 4) is 11.5 Å². The minimum Gasteiger partial charge on any atom is -0.454 e. The molecule has 1 aromatic carbocycles. The second-order valence-electron chi connectivity index (χ2n) is 8.00. The van der Waals surface area contributed by atoms with Crippen LogP contribution in [-0.4, -0.2) is 54.2 Å². The smallest absolute Gasteiger partial charge is 0.242 e. The number of benzene rings is 1. The lowest BCUT2D eigenvalue weighted by Gasteiger charge is -2.28. The van der Waals surface area contributed by atoms with Gasteiger partial charge in [0.1, 0.15) is 0 Å². The van der Waals surface area contributed by atoms with E-state index in [1.165, 1.54) is 6.92 Å². The average Bonchev–Trinajstić information content (AvgIpc) is 3.49. The second-order valence-corrected chi connectivity index (χ2v) is 9.00. The van der Waals surface area contributed by atoms with Gasteiger partial charge in [-0.3, -0.25) is 9.59 Å². The first-order valence-electron chi connectivity index (χ1n) is 10.6. The van der Waals surface area contributed by atoms with E-state index >= 15 is 0 Å². The number of fused-ring (bicyclic) bond motifs is 1. The molecule has 0 spiro atoms. The summed E-state index contributed by atoms with van der Waals surface area (Å²) in [5.41, 5.74) is 2.12. The maximum absolute atomic E-state index is 13.3. The minimum atomic E-state index is -0.112. The third-order valence-corrected chi connectivity index (χ3v) is 6.69. The molecule has 4 rings (SSSR count). The average molecular weight is 445 g/mol. The zero-order valence-electron chi connectivity index (χ0n) is 18.0. The van der Waals surface area contributed by atoms with E-state index in [2.05, 4.69) is 6.07 Å². The van der Waals surface area contributed by atoms with Crippen molar-refractivity contribution >= 4 is 23.2 Å². The molecule has 0 unspecified atom stereocenters. The van der Waals surface area contributed by atoms with E-state index in [4.69, 9.17) is 14.2 Å². The van der Waals surface area contributed by atoms with E-state index in [1.807, 2.05) is 35.4 Å². The van der Waals surface area contributed by atoms with Crippen LogP contribution >= 0.6 is 11.3 Å². The van der Waals surface area contributed by atoms with Crippen LogP contribution in [-0.2, 0) is 27.4 Å². The van der Waals surface area contributed by atoms with Crippen LogP contribution in [0, 0.1) is 6.92 Å². The highest BCUT2D eigenvalue weighted by Gasteiger charge is 2.25. The molecule has 2 aliphatic rings. The molecule has 0 saturated carbocycles. The molecule has 0 N–H and O–H groups in total. The number of thiophene rings is 1. The molecule has 0 radical (unpaired) electrons. The summed E-state index contributed by atoms with van der Waals surface area (Å²) in [5, 5.41) is 2.03. The van der Waals surface area contributed by atoms with Gasteiger partial charge in [-0.25, -0.2) is 0 Å². The van der Waals surface area contributed by atoms with Gasteiger partial charge in [-0.05, 0) is 54.5 Å². The van der Waals surface area contributed by atoms with E-state index in [1.54, 1.807) is 16.2 Å². The molecule has 8 heteroatoms. The zero-order chi connectivity index (χ0) is 21.8. The topological polar surface area (TPSA) is 68.3 Å². The summed E-state index contributed by atoms with van der Waals surface area (Å²) < 4.78 is 16.6. The van der Waals surface area contributed by atoms with E-state index in [0.29, 0.717) is 25.4 Å². The molecule has 3 heterocycles. The van der Waals surface area contributed by atoms with Gasteiger partial charge in [0.15, 0.2) is 11.5 Å². The molecule has 7 nitrogen and oxygen atoms in total. The van der Waals surface area contributed by atoms with Crippen LogP contribution in [0.1, 0.15) is 35.8 Å². The molecule has 1 aromatic heterocycles. The van der Waals surface area contributed by atoms with E-state index in [-0.39, 0.29) is 31.3 Å². The minimum absolute atomic E-state index is 0.0125. The summed E-state index contributed by atoms with van der Waals surface area (Å²) in [4.78, 5) is 30.1. The van der Waals surface area contributed by atoms with Crippen molar-refractivity contribution in [2.24, 2.45) is 0 Å². The van der Waals surface area contributed by atoms with Crippen molar-refractivity contribution in [1.29, 1.82) is 0 Å². The first-order chi connectivity index (χ1) is 15.0. The third-order valence-electron chi connectivity index (χ3n) is 5.69. The van der Waals surface area contributed by atoms with E-state index < -0.39 is 0 Å². The highest BCUT2D eigenvalue weighted by atomic mass is 32.1. The van der Waals surface area contributed by atoms with Gasteiger partial charge in [-0.1, -0.05) is 6.07 Å². The Bertz CT molecular complexity index is 938. The van der Waals surface area contributed by atoms with Crippen molar-refractivity contribution < 1.29 is 23.8 Å². The number of aryl methyl sites for hydroxylation is 1. The third kappa shape index (κ3) is 5.37. The number of carbonyl (C=O) groups is 2. The van der Waals surface area contributed by atoms with Crippen LogP contribution in [0.2, 0.25) is 0 Å². The Balaban J connectivity index is 1.50. The quantitative estimate of drug-likeness (QED) is 0.625. The molecule has 31 heavy (non-hydrogen) atoms. The first-order valence-corrected chi connectivity index (χ1v) is 11.4. The maximum atomic E-state index is 13.3. The Morgan fingerprint density at radius 1 is 1.13 bits per heavy atom. The summed E-state index contributed by atoms with van der Waals surface area (Å²) in [7, 11) is 0. The van der Waals surface area contributed by atoms with Crippen LogP contribution in [0.25, 0.3) is 0 Å². The maximum Gasteiger partial charge on any atom is 0.242 e. The van der Waals surface area contributed by atoms with E-state index in [0.717, 1.165) is 41.2 Å². The number of rotatable bonds is 8. The lowest BCUT2D eigenvalue weighted by molar-refractivity contribution is -0.141. The van der Waals surface area contributed by atoms with Gasteiger partial charge in [0.05, 0.1) is 19.2 Å². The molecule has 1 atom stereocenters. The fraction of sp³-hybridized carbons (Fsp3) is 0.478. The molecular weight excluding hydrogens is 416 g/mol. The number of hydrogen-bond donors (Lipinski definition) is 0. The van der Waals surface area contributed by atoms with Gasteiger partial charge in [0.25, 0.3) is 0 Å². The fourth-order valence-corrected chi connectivity index (χ4v) is 4.75. The van der Waals surface area contributed by atoms with Crippen molar-refractivity contribution in [2.45, 2.75) is 45.9 Å². The van der Waals surface area contributed by atoms with Gasteiger partial charge in [0.2, 0.25) is 18.6 Å². The van der Waals surface area contributed by atoms with Crippen LogP contribution in [0.15, 0.2) is 29.6 Å². The molecular formula is C23H28N2O5S. The summed E-state index contributed by atoms with van der Waals surface area (Å²) >= 11 is 1.64. The first kappa shape index (κ1) is 21.6. The number of nitrogens with zero attached hydrogens (tertiary/aromatic N) is 2. The Labute approximate surface area is 186 Å². The van der Waals surface area contributed by atoms with Crippen LogP contribution in [0.4, 0.5) is 0 Å². The molecule has 0 bridgehead atoms. The zero-order valence-corrected chi connectivity index (χ0v) is 18.8. The largest absolute Gasteiger partial charge is 0.454 e. The van der Waals surface area contributed by atoms with Gasteiger partial charge < -0.3 is 24.0 Å². The van der Waals surface area contributed by atoms with Crippen molar-refractivity contribution in [2.75, 3.05) is 26.5 Å². The summed E-state index contributed by atoms with van der Waals surface area (Å²) in [6, 6.07) is 7.79. The summed E-state index contributed by atoms with van der Waals surface area (Å²) in [5.74, 6) is 1.22. The SMILES string of the molecule is CC(=O)N(CC(=O)N(Cc1ccc2c(c1)OCO2)Cc1sccc1C)C[C@H]1CCCO1. The Kier molecular flexibility index (Phi) is 6.77. The van der Waals surface area contributed by atoms with E-state index in [9.17, 15) is 9.59 Å². The highest BCUT2D eigenvalue weighted by Crippen LogP contribution is 2.33. The normalized spacial score (nSPS) is 17.0. The highest BCUT2D eigenvalue weighted by molar-refractivity contribution is 7.10. The predicted octanol–water partition coefficient (Wildman–Crippen LogP) is 3.34. The Morgan fingerprint density at radius 2 is 1.97 bits per heavy atom. The lowest BCUT2D eigenvalue weighted by Crippen LogP contribution is -2.44. The second kappa shape index (κ2) is 9.70. The molecule has 166 valence electrons. The van der Waals surface area contributed by atoms with Crippen molar-refractivity contribution in [3.05, 3.63) is 45.6 Å². The molecule has 1 fully saturated rings. The molecule has 0 aliphatic carbocycles. The van der Waals surface area contributed by atoms with Crippen LogP contribution in [0.3, 0.4) is 0 Å². The molecule has 2 aliphatic heterocycles. The van der Waals surface area contributed by atoms with Crippen LogP contribution in [0.5, 0.6) is 11.5 Å². The number of hydrogen-bond acceptors (Lipinski definition) is 6. The van der Waals surface area contributed by atoms with Gasteiger partial charge in [0, 0.05) is 31.5 Å². The van der Waals surface area contributed by atoms with Crippen LogP contribution < -0.4 is 9.47 Å². The molecule has 2 aromatic rings.